The number of hydrogen-bond donors (Lipinski definition) is 1. The summed E-state index contributed by atoms with van der Waals surface area (Å²) in [6, 6.07) is 20.7. The Bertz CT molecular complexity index is 1420. The molecule has 3 rings (SSSR count). The number of nitrogens with one attached hydrogen (secondary N) is 1. The third-order valence-corrected chi connectivity index (χ3v) is 8.03. The van der Waals surface area contributed by atoms with Gasteiger partial charge in [-0.2, -0.15) is 0 Å². The van der Waals surface area contributed by atoms with Crippen LogP contribution in [0.3, 0.4) is 0 Å². The molecule has 41 heavy (non-hydrogen) atoms. The van der Waals surface area contributed by atoms with E-state index in [-0.39, 0.29) is 24.6 Å². The van der Waals surface area contributed by atoms with E-state index in [1.165, 1.54) is 12.0 Å². The molecule has 0 saturated carbocycles. The van der Waals surface area contributed by atoms with E-state index in [4.69, 9.17) is 16.3 Å². The first kappa shape index (κ1) is 32.0. The van der Waals surface area contributed by atoms with Crippen LogP contribution in [0.25, 0.3) is 0 Å². The van der Waals surface area contributed by atoms with E-state index >= 15 is 0 Å². The van der Waals surface area contributed by atoms with E-state index in [9.17, 15) is 18.0 Å². The standard InChI is InChI=1S/C31H38ClN3O5S/c1-5-6-18-33-31(37)28(20-24-10-8-7-9-11-24)34(21-25-13-15-26(32)16-14-25)30(36)22-35(41(4,38)39)27-19-23(2)12-17-29(27)40-3/h7-17,19,28H,5-6,18,20-22H2,1-4H3,(H,33,37). The Morgan fingerprint density at radius 3 is 2.29 bits per heavy atom. The summed E-state index contributed by atoms with van der Waals surface area (Å²) in [5, 5.41) is 3.51. The van der Waals surface area contributed by atoms with Crippen molar-refractivity contribution in [2.24, 2.45) is 0 Å². The summed E-state index contributed by atoms with van der Waals surface area (Å²) in [5.74, 6) is -0.514. The molecule has 0 heterocycles. The number of unbranched alkanes of at least 4 members (excludes halogenated alkanes) is 1. The van der Waals surface area contributed by atoms with Crippen LogP contribution in [-0.4, -0.2) is 57.6 Å². The van der Waals surface area contributed by atoms with Gasteiger partial charge < -0.3 is 15.0 Å². The van der Waals surface area contributed by atoms with Crippen molar-refractivity contribution in [3.8, 4) is 5.75 Å². The van der Waals surface area contributed by atoms with Crippen LogP contribution in [-0.2, 0) is 32.6 Å². The maximum Gasteiger partial charge on any atom is 0.244 e. The van der Waals surface area contributed by atoms with Crippen molar-refractivity contribution in [3.05, 3.63) is 94.5 Å². The Labute approximate surface area is 248 Å². The number of aryl methyl sites for hydroxylation is 1. The molecule has 1 unspecified atom stereocenters. The van der Waals surface area contributed by atoms with Crippen molar-refractivity contribution in [1.82, 2.24) is 10.2 Å². The fourth-order valence-corrected chi connectivity index (χ4v) is 5.41. The zero-order chi connectivity index (χ0) is 30.0. The monoisotopic (exact) mass is 599 g/mol. The number of halogens is 1. The highest BCUT2D eigenvalue weighted by molar-refractivity contribution is 7.92. The molecule has 8 nitrogen and oxygen atoms in total. The van der Waals surface area contributed by atoms with Crippen LogP contribution in [0.2, 0.25) is 5.02 Å². The molecular weight excluding hydrogens is 562 g/mol. The summed E-state index contributed by atoms with van der Waals surface area (Å²) >= 11 is 6.10. The van der Waals surface area contributed by atoms with Crippen LogP contribution in [0.4, 0.5) is 5.69 Å². The van der Waals surface area contributed by atoms with Gasteiger partial charge in [-0.05, 0) is 54.3 Å². The lowest BCUT2D eigenvalue weighted by molar-refractivity contribution is -0.140. The second-order valence-corrected chi connectivity index (χ2v) is 12.3. The van der Waals surface area contributed by atoms with Crippen LogP contribution >= 0.6 is 11.6 Å². The minimum absolute atomic E-state index is 0.0806. The van der Waals surface area contributed by atoms with Crippen molar-refractivity contribution >= 4 is 39.1 Å². The number of rotatable bonds is 14. The van der Waals surface area contributed by atoms with E-state index in [1.807, 2.05) is 44.2 Å². The summed E-state index contributed by atoms with van der Waals surface area (Å²) in [4.78, 5) is 29.3. The van der Waals surface area contributed by atoms with Gasteiger partial charge in [0.1, 0.15) is 18.3 Å². The first-order chi connectivity index (χ1) is 19.5. The van der Waals surface area contributed by atoms with Crippen molar-refractivity contribution in [3.63, 3.8) is 0 Å². The van der Waals surface area contributed by atoms with Crippen molar-refractivity contribution < 1.29 is 22.7 Å². The van der Waals surface area contributed by atoms with Gasteiger partial charge in [0, 0.05) is 24.5 Å². The third-order valence-electron chi connectivity index (χ3n) is 6.65. The van der Waals surface area contributed by atoms with Crippen molar-refractivity contribution in [2.45, 2.75) is 45.7 Å². The SMILES string of the molecule is CCCCNC(=O)C(Cc1ccccc1)N(Cc1ccc(Cl)cc1)C(=O)CN(c1cc(C)ccc1OC)S(C)(=O)=O. The predicted molar refractivity (Wildman–Crippen MR) is 164 cm³/mol. The lowest BCUT2D eigenvalue weighted by Gasteiger charge is -2.33. The van der Waals surface area contributed by atoms with Gasteiger partial charge in [-0.25, -0.2) is 8.42 Å². The zero-order valence-corrected chi connectivity index (χ0v) is 25.5. The average Bonchev–Trinajstić information content (AvgIpc) is 2.94. The van der Waals surface area contributed by atoms with Crippen molar-refractivity contribution in [2.75, 3.05) is 30.8 Å². The van der Waals surface area contributed by atoms with E-state index in [0.717, 1.165) is 40.1 Å². The van der Waals surface area contributed by atoms with Crippen LogP contribution in [0.5, 0.6) is 5.75 Å². The number of hydrogen-bond acceptors (Lipinski definition) is 5. The summed E-state index contributed by atoms with van der Waals surface area (Å²) in [6.07, 6.45) is 3.00. The van der Waals surface area contributed by atoms with Crippen LogP contribution in [0.1, 0.15) is 36.5 Å². The molecule has 0 aliphatic rings. The first-order valence-electron chi connectivity index (χ1n) is 13.5. The molecule has 0 spiro atoms. The molecule has 220 valence electrons. The molecule has 3 aromatic rings. The van der Waals surface area contributed by atoms with Crippen molar-refractivity contribution in [1.29, 1.82) is 0 Å². The molecule has 1 atom stereocenters. The maximum absolute atomic E-state index is 14.2. The fourth-order valence-electron chi connectivity index (χ4n) is 4.44. The molecule has 0 fully saturated rings. The molecule has 1 N–H and O–H groups in total. The minimum Gasteiger partial charge on any atom is -0.495 e. The molecule has 0 aliphatic carbocycles. The Balaban J connectivity index is 2.07. The van der Waals surface area contributed by atoms with Gasteiger partial charge in [0.25, 0.3) is 0 Å². The van der Waals surface area contributed by atoms with Gasteiger partial charge in [-0.1, -0.05) is 73.5 Å². The number of ether oxygens (including phenoxy) is 1. The first-order valence-corrected chi connectivity index (χ1v) is 15.7. The largest absolute Gasteiger partial charge is 0.495 e. The van der Waals surface area contributed by atoms with Gasteiger partial charge in [0.15, 0.2) is 0 Å². The number of benzene rings is 3. The molecule has 3 aromatic carbocycles. The van der Waals surface area contributed by atoms with Gasteiger partial charge >= 0.3 is 0 Å². The highest BCUT2D eigenvalue weighted by Crippen LogP contribution is 2.31. The topological polar surface area (TPSA) is 96.0 Å². The maximum atomic E-state index is 14.2. The molecular formula is C31H38ClN3O5S. The van der Waals surface area contributed by atoms with Crippen LogP contribution in [0, 0.1) is 6.92 Å². The second-order valence-electron chi connectivity index (χ2n) is 9.94. The van der Waals surface area contributed by atoms with E-state index in [0.29, 0.717) is 17.3 Å². The summed E-state index contributed by atoms with van der Waals surface area (Å²) in [6.45, 7) is 3.90. The summed E-state index contributed by atoms with van der Waals surface area (Å²) in [7, 11) is -2.46. The van der Waals surface area contributed by atoms with Crippen LogP contribution < -0.4 is 14.4 Å². The lowest BCUT2D eigenvalue weighted by Crippen LogP contribution is -2.53. The summed E-state index contributed by atoms with van der Waals surface area (Å²) in [5.41, 5.74) is 2.68. The predicted octanol–water partition coefficient (Wildman–Crippen LogP) is 4.98. The minimum atomic E-state index is -3.91. The Hall–Kier alpha value is -3.56. The quantitative estimate of drug-likeness (QED) is 0.264. The summed E-state index contributed by atoms with van der Waals surface area (Å²) < 4.78 is 32.5. The Morgan fingerprint density at radius 2 is 1.68 bits per heavy atom. The van der Waals surface area contributed by atoms with Gasteiger partial charge in [-0.15, -0.1) is 0 Å². The number of carbonyl (C=O) groups is 2. The average molecular weight is 600 g/mol. The lowest BCUT2D eigenvalue weighted by atomic mass is 10.0. The highest BCUT2D eigenvalue weighted by Gasteiger charge is 2.33. The Kier molecular flexibility index (Phi) is 11.6. The smallest absolute Gasteiger partial charge is 0.244 e. The fraction of sp³-hybridized carbons (Fsp3) is 0.355. The number of methoxy groups -OCH3 is 1. The third kappa shape index (κ3) is 9.23. The van der Waals surface area contributed by atoms with Crippen LogP contribution in [0.15, 0.2) is 72.8 Å². The number of anilines is 1. The molecule has 10 heteroatoms. The number of amides is 2. The van der Waals surface area contributed by atoms with E-state index < -0.39 is 28.5 Å². The molecule has 0 bridgehead atoms. The molecule has 0 radical (unpaired) electrons. The van der Waals surface area contributed by atoms with E-state index in [1.54, 1.807) is 42.5 Å². The van der Waals surface area contributed by atoms with Gasteiger partial charge in [-0.3, -0.25) is 13.9 Å². The highest BCUT2D eigenvalue weighted by atomic mass is 35.5. The van der Waals surface area contributed by atoms with Gasteiger partial charge in [0.05, 0.1) is 19.1 Å². The number of sulfonamides is 1. The van der Waals surface area contributed by atoms with E-state index in [2.05, 4.69) is 5.32 Å². The molecule has 0 aromatic heterocycles. The molecule has 2 amide bonds. The second kappa shape index (κ2) is 14.9. The normalized spacial score (nSPS) is 11.9. The number of nitrogens with zero attached hydrogens (tertiary/aromatic N) is 2. The Morgan fingerprint density at radius 1 is 1.00 bits per heavy atom. The van der Waals surface area contributed by atoms with Gasteiger partial charge in [0.2, 0.25) is 21.8 Å². The zero-order valence-electron chi connectivity index (χ0n) is 24.0. The number of carbonyl (C=O) groups excluding carboxylic acids is 2. The molecule has 0 saturated heterocycles. The molecule has 0 aliphatic heterocycles.